The molecule has 0 bridgehead atoms. The van der Waals surface area contributed by atoms with E-state index >= 15 is 0 Å². The van der Waals surface area contributed by atoms with Crippen LogP contribution in [0.3, 0.4) is 0 Å². The van der Waals surface area contributed by atoms with E-state index in [9.17, 15) is 18.0 Å². The maximum absolute atomic E-state index is 12.8. The van der Waals surface area contributed by atoms with Gasteiger partial charge in [-0.15, -0.1) is 0 Å². The predicted molar refractivity (Wildman–Crippen MR) is 131 cm³/mol. The van der Waals surface area contributed by atoms with E-state index in [-0.39, 0.29) is 5.56 Å². The molecule has 3 aromatic rings. The number of aromatic nitrogens is 1. The molecule has 0 amide bonds. The molecule has 0 atom stereocenters. The molecule has 1 N–H and O–H groups in total. The number of likely N-dealkylation sites (N-methyl/N-ethyl adjacent to an activating group) is 1. The molecule has 1 aliphatic rings. The maximum atomic E-state index is 12.8. The number of halogens is 3. The van der Waals surface area contributed by atoms with Crippen LogP contribution in [0.15, 0.2) is 65.6 Å². The van der Waals surface area contributed by atoms with Crippen LogP contribution in [0.4, 0.5) is 18.9 Å². The van der Waals surface area contributed by atoms with Gasteiger partial charge in [0.1, 0.15) is 0 Å². The molecule has 4 rings (SSSR count). The first kappa shape index (κ1) is 24.7. The van der Waals surface area contributed by atoms with E-state index in [0.29, 0.717) is 22.4 Å². The molecule has 0 unspecified atom stereocenters. The monoisotopic (exact) mass is 484 g/mol. The third-order valence-electron chi connectivity index (χ3n) is 6.18. The molecule has 0 saturated carbocycles. The second-order valence-electron chi connectivity index (χ2n) is 8.46. The Kier molecular flexibility index (Phi) is 7.37. The molecule has 184 valence electrons. The summed E-state index contributed by atoms with van der Waals surface area (Å²) in [5.41, 5.74) is 2.21. The van der Waals surface area contributed by atoms with Gasteiger partial charge in [-0.3, -0.25) is 14.3 Å². The van der Waals surface area contributed by atoms with Gasteiger partial charge in [0.25, 0.3) is 5.56 Å². The van der Waals surface area contributed by atoms with Crippen molar-refractivity contribution in [1.29, 1.82) is 5.41 Å². The van der Waals surface area contributed by atoms with Gasteiger partial charge in [0.15, 0.2) is 0 Å². The van der Waals surface area contributed by atoms with E-state index in [1.807, 2.05) is 19.2 Å². The molecule has 0 aliphatic carbocycles. The Labute approximate surface area is 201 Å². The van der Waals surface area contributed by atoms with Crippen LogP contribution < -0.4 is 10.5 Å². The maximum Gasteiger partial charge on any atom is 0.416 e. The molecular weight excluding hydrogens is 457 g/mol. The van der Waals surface area contributed by atoms with Crippen molar-refractivity contribution in [3.05, 3.63) is 82.3 Å². The molecule has 1 aromatic heterocycles. The van der Waals surface area contributed by atoms with Crippen LogP contribution in [0.5, 0.6) is 0 Å². The summed E-state index contributed by atoms with van der Waals surface area (Å²) in [7, 11) is 1.98. The zero-order chi connectivity index (χ0) is 25.0. The van der Waals surface area contributed by atoms with Crippen molar-refractivity contribution < 1.29 is 17.9 Å². The number of pyridine rings is 1. The van der Waals surface area contributed by atoms with E-state index in [2.05, 4.69) is 9.80 Å². The number of hydrogen-bond acceptors (Lipinski definition) is 5. The van der Waals surface area contributed by atoms with Gasteiger partial charge in [0.05, 0.1) is 18.8 Å². The SMILES string of the molecule is CN(CCN1CCOCC1)c1ccc(-n2ccc(-c3ccc(C(F)(F)F)cc3)cc2=O)cc1C=N. The lowest BCUT2D eigenvalue weighted by atomic mass is 10.0. The first-order valence-electron chi connectivity index (χ1n) is 11.3. The summed E-state index contributed by atoms with van der Waals surface area (Å²) >= 11 is 0. The summed E-state index contributed by atoms with van der Waals surface area (Å²) in [6.07, 6.45) is -1.54. The van der Waals surface area contributed by atoms with E-state index < -0.39 is 11.7 Å². The number of nitrogens with one attached hydrogen (secondary N) is 1. The lowest BCUT2D eigenvalue weighted by molar-refractivity contribution is -0.137. The molecule has 2 aromatic carbocycles. The van der Waals surface area contributed by atoms with Gasteiger partial charge in [-0.2, -0.15) is 13.2 Å². The average molecular weight is 485 g/mol. The zero-order valence-electron chi connectivity index (χ0n) is 19.4. The molecule has 1 fully saturated rings. The molecular formula is C26H27F3N4O2. The Morgan fingerprint density at radius 3 is 2.37 bits per heavy atom. The Morgan fingerprint density at radius 1 is 1.03 bits per heavy atom. The Hall–Kier alpha value is -3.43. The molecule has 0 radical (unpaired) electrons. The summed E-state index contributed by atoms with van der Waals surface area (Å²) in [6, 6.07) is 13.3. The highest BCUT2D eigenvalue weighted by atomic mass is 19.4. The number of alkyl halides is 3. The van der Waals surface area contributed by atoms with Crippen LogP contribution in [0, 0.1) is 5.41 Å². The van der Waals surface area contributed by atoms with Gasteiger partial charge in [0, 0.05) is 68.6 Å². The quantitative estimate of drug-likeness (QED) is 0.509. The lowest BCUT2D eigenvalue weighted by Gasteiger charge is -2.29. The van der Waals surface area contributed by atoms with Crippen molar-refractivity contribution in [2.24, 2.45) is 0 Å². The lowest BCUT2D eigenvalue weighted by Crippen LogP contribution is -2.40. The molecule has 0 spiro atoms. The first-order chi connectivity index (χ1) is 16.8. The van der Waals surface area contributed by atoms with Crippen LogP contribution in [0.2, 0.25) is 0 Å². The van der Waals surface area contributed by atoms with Crippen molar-refractivity contribution in [1.82, 2.24) is 9.47 Å². The fraction of sp³-hybridized carbons (Fsp3) is 0.308. The van der Waals surface area contributed by atoms with Crippen LogP contribution >= 0.6 is 0 Å². The predicted octanol–water partition coefficient (Wildman–Crippen LogP) is 4.29. The smallest absolute Gasteiger partial charge is 0.379 e. The second kappa shape index (κ2) is 10.5. The van der Waals surface area contributed by atoms with Crippen molar-refractivity contribution in [2.75, 3.05) is 51.3 Å². The highest BCUT2D eigenvalue weighted by molar-refractivity contribution is 5.87. The third kappa shape index (κ3) is 5.80. The molecule has 35 heavy (non-hydrogen) atoms. The van der Waals surface area contributed by atoms with E-state index in [1.165, 1.54) is 29.0 Å². The van der Waals surface area contributed by atoms with Gasteiger partial charge in [-0.05, 0) is 47.5 Å². The number of benzene rings is 2. The minimum atomic E-state index is -4.41. The fourth-order valence-corrected chi connectivity index (χ4v) is 4.12. The normalized spacial score (nSPS) is 14.6. The van der Waals surface area contributed by atoms with Gasteiger partial charge >= 0.3 is 6.18 Å². The van der Waals surface area contributed by atoms with Gasteiger partial charge in [0.2, 0.25) is 0 Å². The Morgan fingerprint density at radius 2 is 1.74 bits per heavy atom. The number of anilines is 1. The van der Waals surface area contributed by atoms with Crippen LogP contribution in [-0.2, 0) is 10.9 Å². The third-order valence-corrected chi connectivity index (χ3v) is 6.18. The number of nitrogens with zero attached hydrogens (tertiary/aromatic N) is 3. The van der Waals surface area contributed by atoms with Gasteiger partial charge in [-0.1, -0.05) is 12.1 Å². The number of hydrogen-bond donors (Lipinski definition) is 1. The van der Waals surface area contributed by atoms with E-state index in [0.717, 1.165) is 57.2 Å². The van der Waals surface area contributed by atoms with Crippen molar-refractivity contribution >= 4 is 11.9 Å². The Bertz CT molecular complexity index is 1230. The van der Waals surface area contributed by atoms with Crippen molar-refractivity contribution in [2.45, 2.75) is 6.18 Å². The molecule has 6 nitrogen and oxygen atoms in total. The second-order valence-corrected chi connectivity index (χ2v) is 8.46. The van der Waals surface area contributed by atoms with Crippen LogP contribution in [-0.4, -0.2) is 62.1 Å². The summed E-state index contributed by atoms with van der Waals surface area (Å²) in [5.74, 6) is 0. The molecule has 2 heterocycles. The topological polar surface area (TPSA) is 61.6 Å². The largest absolute Gasteiger partial charge is 0.416 e. The standard InChI is InChI=1S/C26H27F3N4O2/c1-31(10-11-32-12-14-35-15-13-32)24-7-6-23(16-21(24)18-30)33-9-8-20(17-25(33)34)19-2-4-22(5-3-19)26(27,28)29/h2-9,16-18,30H,10-15H2,1H3. The van der Waals surface area contributed by atoms with Gasteiger partial charge in [-0.25, -0.2) is 0 Å². The Balaban J connectivity index is 1.52. The minimum absolute atomic E-state index is 0.313. The summed E-state index contributed by atoms with van der Waals surface area (Å²) in [5, 5.41) is 7.88. The molecule has 1 aliphatic heterocycles. The highest BCUT2D eigenvalue weighted by Gasteiger charge is 2.30. The molecule has 1 saturated heterocycles. The van der Waals surface area contributed by atoms with Gasteiger partial charge < -0.3 is 15.0 Å². The number of ether oxygens (including phenoxy) is 1. The van der Waals surface area contributed by atoms with Crippen LogP contribution in [0.25, 0.3) is 16.8 Å². The highest BCUT2D eigenvalue weighted by Crippen LogP contribution is 2.31. The minimum Gasteiger partial charge on any atom is -0.379 e. The summed E-state index contributed by atoms with van der Waals surface area (Å²) < 4.78 is 45.3. The zero-order valence-corrected chi connectivity index (χ0v) is 19.4. The van der Waals surface area contributed by atoms with Crippen molar-refractivity contribution in [3.63, 3.8) is 0 Å². The number of morpholine rings is 1. The average Bonchev–Trinajstić information content (AvgIpc) is 2.87. The summed E-state index contributed by atoms with van der Waals surface area (Å²) in [6.45, 7) is 5.00. The van der Waals surface area contributed by atoms with E-state index in [1.54, 1.807) is 18.3 Å². The van der Waals surface area contributed by atoms with E-state index in [4.69, 9.17) is 10.1 Å². The van der Waals surface area contributed by atoms with Crippen molar-refractivity contribution in [3.8, 4) is 16.8 Å². The number of rotatable bonds is 7. The first-order valence-corrected chi connectivity index (χ1v) is 11.3. The fourth-order valence-electron chi connectivity index (χ4n) is 4.12. The molecule has 9 heteroatoms. The summed E-state index contributed by atoms with van der Waals surface area (Å²) in [4.78, 5) is 17.3. The van der Waals surface area contributed by atoms with Crippen LogP contribution in [0.1, 0.15) is 11.1 Å².